The van der Waals surface area contributed by atoms with E-state index in [0.29, 0.717) is 11.3 Å². The Morgan fingerprint density at radius 1 is 1.23 bits per heavy atom. The van der Waals surface area contributed by atoms with Crippen LogP contribution in [0.5, 0.6) is 0 Å². The van der Waals surface area contributed by atoms with Crippen LogP contribution in [0.25, 0.3) is 0 Å². The Bertz CT molecular complexity index is 151. The largest absolute Gasteiger partial charge is 0.659 e. The lowest BCUT2D eigenvalue weighted by molar-refractivity contribution is -0.177. The van der Waals surface area contributed by atoms with Crippen molar-refractivity contribution >= 4 is 9.03 Å². The fourth-order valence-corrected chi connectivity index (χ4v) is 2.79. The summed E-state index contributed by atoms with van der Waals surface area (Å²) >= 11 is 0. The monoisotopic (exact) mass is 204 g/mol. The third-order valence-corrected chi connectivity index (χ3v) is 3.51. The molecule has 0 radical (unpaired) electrons. The van der Waals surface area contributed by atoms with Crippen LogP contribution in [0.2, 0.25) is 0 Å². The van der Waals surface area contributed by atoms with Gasteiger partial charge in [0.2, 0.25) is 0 Å². The average Bonchev–Trinajstić information content (AvgIpc) is 2.04. The van der Waals surface area contributed by atoms with Gasteiger partial charge in [0.25, 0.3) is 0 Å². The molecule has 0 aliphatic heterocycles. The van der Waals surface area contributed by atoms with Gasteiger partial charge in [-0.1, -0.05) is 33.6 Å². The molecule has 1 aliphatic carbocycles. The van der Waals surface area contributed by atoms with Crippen LogP contribution in [0, 0.1) is 11.3 Å². The smallest absolute Gasteiger partial charge is 0.103 e. The van der Waals surface area contributed by atoms with E-state index in [0.717, 1.165) is 6.42 Å². The van der Waals surface area contributed by atoms with E-state index in [2.05, 4.69) is 20.8 Å². The average molecular weight is 204 g/mol. The second-order valence-electron chi connectivity index (χ2n) is 5.03. The quantitative estimate of drug-likeness (QED) is 0.646. The van der Waals surface area contributed by atoms with Crippen LogP contribution in [-0.4, -0.2) is 6.10 Å². The Morgan fingerprint density at radius 3 is 2.38 bits per heavy atom. The zero-order valence-corrected chi connectivity index (χ0v) is 10.0. The molecule has 13 heavy (non-hydrogen) atoms. The predicted octanol–water partition coefficient (Wildman–Crippen LogP) is 2.21. The normalized spacial score (nSPS) is 31.4. The fourth-order valence-electron chi connectivity index (χ4n) is 2.32. The lowest BCUT2D eigenvalue weighted by atomic mass is 9.71. The molecule has 1 aliphatic rings. The first-order valence-electron chi connectivity index (χ1n) is 5.15. The fraction of sp³-hybridized carbons (Fsp3) is 1.00. The molecule has 0 amide bonds. The van der Waals surface area contributed by atoms with E-state index in [1.54, 1.807) is 0 Å². The lowest BCUT2D eigenvalue weighted by Gasteiger charge is -2.38. The van der Waals surface area contributed by atoms with Gasteiger partial charge in [0, 0.05) is 0 Å². The highest BCUT2D eigenvalue weighted by Crippen LogP contribution is 2.40. The summed E-state index contributed by atoms with van der Waals surface area (Å²) in [6, 6.07) is 0. The first kappa shape index (κ1) is 11.4. The van der Waals surface area contributed by atoms with Gasteiger partial charge < -0.3 is 4.89 Å². The highest BCUT2D eigenvalue weighted by molar-refractivity contribution is 7.23. The summed E-state index contributed by atoms with van der Waals surface area (Å²) in [5.74, 6) is 0.586. The summed E-state index contributed by atoms with van der Waals surface area (Å²) in [6.07, 6.45) is 5.11. The first-order chi connectivity index (χ1) is 6.05. The van der Waals surface area contributed by atoms with E-state index in [1.165, 1.54) is 19.3 Å². The van der Waals surface area contributed by atoms with Crippen molar-refractivity contribution in [1.29, 1.82) is 0 Å². The minimum atomic E-state index is -1.03. The summed E-state index contributed by atoms with van der Waals surface area (Å²) in [5, 5.41) is 0. The Hall–Kier alpha value is 0.350. The minimum absolute atomic E-state index is 0.251. The van der Waals surface area contributed by atoms with Crippen molar-refractivity contribution < 1.29 is 9.42 Å². The molecular weight excluding hydrogens is 183 g/mol. The maximum atomic E-state index is 10.5. The summed E-state index contributed by atoms with van der Waals surface area (Å²) in [7, 11) is -1.03. The molecule has 0 aromatic heterocycles. The van der Waals surface area contributed by atoms with Gasteiger partial charge in [0.15, 0.2) is 0 Å². The predicted molar refractivity (Wildman–Crippen MR) is 56.0 cm³/mol. The summed E-state index contributed by atoms with van der Waals surface area (Å²) in [5.41, 5.74) is 0.291. The van der Waals surface area contributed by atoms with Crippen molar-refractivity contribution in [3.8, 4) is 0 Å². The van der Waals surface area contributed by atoms with Crippen LogP contribution in [0.4, 0.5) is 0 Å². The van der Waals surface area contributed by atoms with Crippen LogP contribution in [0.1, 0.15) is 46.5 Å². The molecule has 3 atom stereocenters. The highest BCUT2D eigenvalue weighted by Gasteiger charge is 2.35. The molecule has 1 saturated carbocycles. The second-order valence-corrected chi connectivity index (χ2v) is 5.49. The van der Waals surface area contributed by atoms with Crippen molar-refractivity contribution in [2.24, 2.45) is 11.3 Å². The van der Waals surface area contributed by atoms with E-state index >= 15 is 0 Å². The standard InChI is InChI=1S/C10H21O2P/c1-10(2,3)8-6-4-5-7-9(8)12-13-11/h8-9H,4-7,13H2,1-3H3. The van der Waals surface area contributed by atoms with Crippen molar-refractivity contribution in [1.82, 2.24) is 0 Å². The SMILES string of the molecule is CC(C)(C)C1CCCCC1O[PH2+][O-]. The molecule has 0 N–H and O–H groups in total. The number of rotatable bonds is 2. The van der Waals surface area contributed by atoms with Gasteiger partial charge in [-0.05, 0) is 24.2 Å². The van der Waals surface area contributed by atoms with E-state index in [4.69, 9.17) is 4.52 Å². The van der Waals surface area contributed by atoms with E-state index < -0.39 is 9.03 Å². The molecule has 78 valence electrons. The topological polar surface area (TPSA) is 32.3 Å². The molecule has 0 aromatic carbocycles. The summed E-state index contributed by atoms with van der Waals surface area (Å²) in [6.45, 7) is 6.75. The molecule has 0 spiro atoms. The third-order valence-electron chi connectivity index (χ3n) is 3.05. The van der Waals surface area contributed by atoms with Crippen molar-refractivity contribution in [2.45, 2.75) is 52.6 Å². The molecule has 3 heteroatoms. The summed E-state index contributed by atoms with van der Waals surface area (Å²) < 4.78 is 5.35. The van der Waals surface area contributed by atoms with Crippen LogP contribution in [0.3, 0.4) is 0 Å². The van der Waals surface area contributed by atoms with Gasteiger partial charge in [-0.3, -0.25) is 0 Å². The number of hydrogen-bond donors (Lipinski definition) is 0. The van der Waals surface area contributed by atoms with Gasteiger partial charge in [0.1, 0.15) is 6.10 Å². The third kappa shape index (κ3) is 3.19. The van der Waals surface area contributed by atoms with Crippen LogP contribution >= 0.6 is 9.03 Å². The molecule has 0 heterocycles. The molecule has 1 rings (SSSR count). The summed E-state index contributed by atoms with van der Waals surface area (Å²) in [4.78, 5) is 10.5. The minimum Gasteiger partial charge on any atom is -0.659 e. The van der Waals surface area contributed by atoms with Crippen molar-refractivity contribution in [3.05, 3.63) is 0 Å². The van der Waals surface area contributed by atoms with Gasteiger partial charge in [-0.15, -0.1) is 0 Å². The maximum Gasteiger partial charge on any atom is 0.103 e. The molecular formula is C10H21O2P. The molecule has 0 aromatic rings. The van der Waals surface area contributed by atoms with Gasteiger partial charge in [-0.25, -0.2) is 4.52 Å². The van der Waals surface area contributed by atoms with Gasteiger partial charge in [-0.2, -0.15) is 0 Å². The second kappa shape index (κ2) is 4.72. The Balaban J connectivity index is 2.56. The Labute approximate surface area is 83.0 Å². The van der Waals surface area contributed by atoms with Crippen LogP contribution in [0.15, 0.2) is 0 Å². The van der Waals surface area contributed by atoms with Crippen LogP contribution in [-0.2, 0) is 4.52 Å². The molecule has 0 saturated heterocycles. The molecule has 3 unspecified atom stereocenters. The lowest BCUT2D eigenvalue weighted by Crippen LogP contribution is -2.35. The van der Waals surface area contributed by atoms with Crippen LogP contribution < -0.4 is 4.89 Å². The zero-order chi connectivity index (χ0) is 9.90. The molecule has 2 nitrogen and oxygen atoms in total. The van der Waals surface area contributed by atoms with E-state index in [-0.39, 0.29) is 6.10 Å². The van der Waals surface area contributed by atoms with Gasteiger partial charge >= 0.3 is 0 Å². The first-order valence-corrected chi connectivity index (χ1v) is 6.09. The van der Waals surface area contributed by atoms with Crippen molar-refractivity contribution in [2.75, 3.05) is 0 Å². The number of hydrogen-bond acceptors (Lipinski definition) is 2. The van der Waals surface area contributed by atoms with E-state index in [9.17, 15) is 4.89 Å². The maximum absolute atomic E-state index is 10.5. The molecule has 1 fully saturated rings. The Morgan fingerprint density at radius 2 is 1.85 bits per heavy atom. The Kier molecular flexibility index (Phi) is 4.15. The molecule has 0 bridgehead atoms. The van der Waals surface area contributed by atoms with E-state index in [1.807, 2.05) is 0 Å². The van der Waals surface area contributed by atoms with Gasteiger partial charge in [0.05, 0.1) is 9.03 Å². The highest BCUT2D eigenvalue weighted by atomic mass is 31.1. The zero-order valence-electron chi connectivity index (χ0n) is 8.88. The van der Waals surface area contributed by atoms with Crippen molar-refractivity contribution in [3.63, 3.8) is 0 Å².